The molecule has 5 aromatic rings. The Hall–Kier alpha value is -4.80. The lowest BCUT2D eigenvalue weighted by Gasteiger charge is -2.28. The molecular formula is C31H32N8O3. The lowest BCUT2D eigenvalue weighted by molar-refractivity contribution is 0.0212. The fourth-order valence-electron chi connectivity index (χ4n) is 6.12. The van der Waals surface area contributed by atoms with Crippen molar-refractivity contribution in [1.29, 1.82) is 0 Å². The second-order valence-electron chi connectivity index (χ2n) is 12.0. The maximum absolute atomic E-state index is 13.0. The molecule has 42 heavy (non-hydrogen) atoms. The molecule has 214 valence electrons. The Morgan fingerprint density at radius 2 is 1.90 bits per heavy atom. The summed E-state index contributed by atoms with van der Waals surface area (Å²) in [5.74, 6) is 2.19. The molecule has 0 unspecified atom stereocenters. The van der Waals surface area contributed by atoms with Crippen molar-refractivity contribution in [2.75, 3.05) is 5.32 Å². The fourth-order valence-corrected chi connectivity index (χ4v) is 6.12. The first-order valence-corrected chi connectivity index (χ1v) is 14.2. The van der Waals surface area contributed by atoms with E-state index in [0.29, 0.717) is 22.7 Å². The summed E-state index contributed by atoms with van der Waals surface area (Å²) in [6, 6.07) is 13.9. The van der Waals surface area contributed by atoms with Crippen LogP contribution in [0.3, 0.4) is 0 Å². The van der Waals surface area contributed by atoms with Crippen LogP contribution in [0.2, 0.25) is 0 Å². The average molecular weight is 565 g/mol. The zero-order valence-electron chi connectivity index (χ0n) is 24.0. The number of fused-ring (bicyclic) bond motifs is 4. The number of hydrogen-bond donors (Lipinski definition) is 1. The Morgan fingerprint density at radius 1 is 1.02 bits per heavy atom. The second-order valence-corrected chi connectivity index (χ2v) is 12.0. The summed E-state index contributed by atoms with van der Waals surface area (Å²) in [6.45, 7) is 7.71. The normalized spacial score (nSPS) is 19.9. The number of aryl methyl sites for hydroxylation is 1. The predicted octanol–water partition coefficient (Wildman–Crippen LogP) is 6.17. The molecule has 2 saturated heterocycles. The zero-order valence-corrected chi connectivity index (χ0v) is 24.0. The number of amides is 1. The number of benzene rings is 1. The highest BCUT2D eigenvalue weighted by Gasteiger charge is 2.50. The molecule has 0 saturated carbocycles. The number of anilines is 2. The van der Waals surface area contributed by atoms with E-state index in [1.807, 2.05) is 81.3 Å². The van der Waals surface area contributed by atoms with E-state index in [0.717, 1.165) is 47.5 Å². The van der Waals surface area contributed by atoms with E-state index in [1.165, 1.54) is 6.33 Å². The van der Waals surface area contributed by atoms with Crippen LogP contribution in [0.1, 0.15) is 57.2 Å². The number of rotatable bonds is 5. The molecular weight excluding hydrogens is 532 g/mol. The van der Waals surface area contributed by atoms with E-state index in [1.54, 1.807) is 10.8 Å². The molecule has 1 N–H and O–H groups in total. The third-order valence-electron chi connectivity index (χ3n) is 7.94. The van der Waals surface area contributed by atoms with Gasteiger partial charge in [-0.1, -0.05) is 0 Å². The maximum atomic E-state index is 13.0. The summed E-state index contributed by atoms with van der Waals surface area (Å²) >= 11 is 0. The molecule has 2 bridgehead atoms. The van der Waals surface area contributed by atoms with Crippen molar-refractivity contribution in [3.8, 4) is 11.5 Å². The van der Waals surface area contributed by atoms with Crippen LogP contribution in [0.4, 0.5) is 16.3 Å². The van der Waals surface area contributed by atoms with Crippen LogP contribution in [0.25, 0.3) is 16.7 Å². The Morgan fingerprint density at radius 3 is 2.74 bits per heavy atom. The molecule has 4 aromatic heterocycles. The molecule has 2 aliphatic rings. The number of pyridine rings is 2. The largest absolute Gasteiger partial charge is 0.457 e. The molecule has 11 heteroatoms. The Bertz CT molecular complexity index is 1810. The van der Waals surface area contributed by atoms with E-state index in [2.05, 4.69) is 25.4 Å². The van der Waals surface area contributed by atoms with E-state index >= 15 is 0 Å². The first kappa shape index (κ1) is 26.1. The molecule has 1 amide bonds. The van der Waals surface area contributed by atoms with Gasteiger partial charge in [0.1, 0.15) is 35.3 Å². The van der Waals surface area contributed by atoms with Gasteiger partial charge in [-0.25, -0.2) is 29.2 Å². The maximum Gasteiger partial charge on any atom is 0.410 e. The van der Waals surface area contributed by atoms with Gasteiger partial charge >= 0.3 is 6.09 Å². The standard InChI is InChI=1S/C31H32N8O3/c1-18-13-19(5-10-26(18)41-21-11-12-38-27(15-21)33-17-35-38)36-29-28-24(32-16-34-29)8-7-23(37-28)22-14-20-6-9-25(22)39(20)30(40)42-31(2,3)4/h5,7-8,10-13,15-17,20,22,25H,6,9,14H2,1-4H3,(H,32,34,36)/t20-,22+,25+/m1/s1. The van der Waals surface area contributed by atoms with Crippen molar-refractivity contribution < 1.29 is 14.3 Å². The SMILES string of the molecule is Cc1cc(Nc2ncnc3ccc([C@@H]4C[C@H]5CC[C@@H]4N5C(=O)OC(C)(C)C)nc23)ccc1Oc1ccn2ncnc2c1. The van der Waals surface area contributed by atoms with Crippen LogP contribution in [0.5, 0.6) is 11.5 Å². The van der Waals surface area contributed by atoms with Gasteiger partial charge in [-0.2, -0.15) is 5.10 Å². The summed E-state index contributed by atoms with van der Waals surface area (Å²) in [6.07, 6.45) is 7.46. The van der Waals surface area contributed by atoms with E-state index in [9.17, 15) is 4.79 Å². The molecule has 2 fully saturated rings. The topological polar surface area (TPSA) is 120 Å². The second kappa shape index (κ2) is 9.93. The van der Waals surface area contributed by atoms with Crippen molar-refractivity contribution in [2.45, 2.75) is 70.6 Å². The van der Waals surface area contributed by atoms with Crippen LogP contribution in [-0.4, -0.2) is 58.2 Å². The van der Waals surface area contributed by atoms with Crippen molar-refractivity contribution in [3.63, 3.8) is 0 Å². The van der Waals surface area contributed by atoms with Gasteiger partial charge in [0, 0.05) is 41.6 Å². The zero-order chi connectivity index (χ0) is 29.0. The van der Waals surface area contributed by atoms with Crippen molar-refractivity contribution >= 4 is 34.3 Å². The molecule has 0 radical (unpaired) electrons. The van der Waals surface area contributed by atoms with Crippen LogP contribution in [0.15, 0.2) is 61.3 Å². The monoisotopic (exact) mass is 564 g/mol. The molecule has 1 aromatic carbocycles. The smallest absolute Gasteiger partial charge is 0.410 e. The number of carbonyl (C=O) groups excluding carboxylic acids is 1. The molecule has 2 aliphatic heterocycles. The first-order valence-electron chi connectivity index (χ1n) is 14.2. The number of aromatic nitrogens is 6. The predicted molar refractivity (Wildman–Crippen MR) is 157 cm³/mol. The summed E-state index contributed by atoms with van der Waals surface area (Å²) in [7, 11) is 0. The molecule has 11 nitrogen and oxygen atoms in total. The average Bonchev–Trinajstić information content (AvgIpc) is 3.68. The lowest BCUT2D eigenvalue weighted by atomic mass is 9.86. The van der Waals surface area contributed by atoms with Crippen molar-refractivity contribution in [2.24, 2.45) is 0 Å². The van der Waals surface area contributed by atoms with Crippen LogP contribution >= 0.6 is 0 Å². The Labute approximate surface area is 242 Å². The number of ether oxygens (including phenoxy) is 2. The minimum Gasteiger partial charge on any atom is -0.457 e. The van der Waals surface area contributed by atoms with Crippen LogP contribution in [0, 0.1) is 6.92 Å². The summed E-state index contributed by atoms with van der Waals surface area (Å²) in [4.78, 5) is 33.2. The lowest BCUT2D eigenvalue weighted by Crippen LogP contribution is -2.40. The highest BCUT2D eigenvalue weighted by atomic mass is 16.6. The van der Waals surface area contributed by atoms with Gasteiger partial charge < -0.3 is 19.7 Å². The molecule has 3 atom stereocenters. The van der Waals surface area contributed by atoms with Gasteiger partial charge in [-0.3, -0.25) is 0 Å². The number of nitrogens with zero attached hydrogens (tertiary/aromatic N) is 7. The van der Waals surface area contributed by atoms with Gasteiger partial charge in [0.15, 0.2) is 11.5 Å². The number of hydrogen-bond acceptors (Lipinski definition) is 9. The third kappa shape index (κ3) is 4.84. The first-order chi connectivity index (χ1) is 20.2. The van der Waals surface area contributed by atoms with Crippen LogP contribution in [-0.2, 0) is 4.74 Å². The highest BCUT2D eigenvalue weighted by Crippen LogP contribution is 2.47. The number of carbonyl (C=O) groups is 1. The summed E-state index contributed by atoms with van der Waals surface area (Å²) in [5.41, 5.74) is 4.40. The minimum atomic E-state index is -0.525. The molecule has 7 rings (SSSR count). The van der Waals surface area contributed by atoms with E-state index < -0.39 is 5.60 Å². The summed E-state index contributed by atoms with van der Waals surface area (Å²) < 4.78 is 13.5. The van der Waals surface area contributed by atoms with Gasteiger partial charge in [-0.15, -0.1) is 0 Å². The van der Waals surface area contributed by atoms with Crippen molar-refractivity contribution in [3.05, 3.63) is 72.6 Å². The quantitative estimate of drug-likeness (QED) is 0.267. The Kier molecular flexibility index (Phi) is 6.18. The fraction of sp³-hybridized carbons (Fsp3) is 0.355. The molecule has 0 aliphatic carbocycles. The van der Waals surface area contributed by atoms with Gasteiger partial charge in [0.25, 0.3) is 0 Å². The van der Waals surface area contributed by atoms with E-state index in [4.69, 9.17) is 14.5 Å². The number of nitrogens with one attached hydrogen (secondary N) is 1. The van der Waals surface area contributed by atoms with Crippen molar-refractivity contribution in [1.82, 2.24) is 34.4 Å². The third-order valence-corrected chi connectivity index (χ3v) is 7.94. The Balaban J connectivity index is 1.12. The minimum absolute atomic E-state index is 0.0801. The van der Waals surface area contributed by atoms with Gasteiger partial charge in [0.2, 0.25) is 0 Å². The molecule has 0 spiro atoms. The van der Waals surface area contributed by atoms with Gasteiger partial charge in [0.05, 0.1) is 5.52 Å². The van der Waals surface area contributed by atoms with Crippen LogP contribution < -0.4 is 10.1 Å². The van der Waals surface area contributed by atoms with Gasteiger partial charge in [-0.05, 0) is 88.9 Å². The van der Waals surface area contributed by atoms with E-state index in [-0.39, 0.29) is 24.1 Å². The summed E-state index contributed by atoms with van der Waals surface area (Å²) in [5, 5.41) is 7.55. The highest BCUT2D eigenvalue weighted by molar-refractivity contribution is 5.87. The molecule has 6 heterocycles.